The largest absolute Gasteiger partial charge is 0.351 e. The van der Waals surface area contributed by atoms with Crippen LogP contribution in [0.15, 0.2) is 24.5 Å². The molecule has 0 bridgehead atoms. The minimum atomic E-state index is -0.179. The summed E-state index contributed by atoms with van der Waals surface area (Å²) in [7, 11) is 4.03. The first-order valence-electron chi connectivity index (χ1n) is 8.81. The molecule has 0 aliphatic heterocycles. The highest BCUT2D eigenvalue weighted by Gasteiger charge is 2.16. The molecule has 8 heteroatoms. The van der Waals surface area contributed by atoms with Gasteiger partial charge < -0.3 is 10.2 Å². The van der Waals surface area contributed by atoms with E-state index in [0.29, 0.717) is 17.9 Å². The number of nitrogens with one attached hydrogen (secondary N) is 1. The first-order chi connectivity index (χ1) is 12.5. The van der Waals surface area contributed by atoms with Crippen molar-refractivity contribution in [3.05, 3.63) is 35.9 Å². The number of aromatic nitrogens is 5. The minimum absolute atomic E-state index is 0.179. The van der Waals surface area contributed by atoms with Crippen LogP contribution < -0.4 is 5.32 Å². The summed E-state index contributed by atoms with van der Waals surface area (Å²) in [6, 6.07) is 3.60. The predicted molar refractivity (Wildman–Crippen MR) is 100 cm³/mol. The number of carbonyl (C=O) groups excluding carboxylic acids is 1. The average molecular weight is 355 g/mol. The molecule has 3 aromatic heterocycles. The number of hydrogen-bond acceptors (Lipinski definition) is 5. The fraction of sp³-hybridized carbons (Fsp3) is 0.444. The monoisotopic (exact) mass is 355 g/mol. The summed E-state index contributed by atoms with van der Waals surface area (Å²) in [6.45, 7) is 6.43. The zero-order valence-corrected chi connectivity index (χ0v) is 15.7. The van der Waals surface area contributed by atoms with Gasteiger partial charge in [-0.2, -0.15) is 10.2 Å². The maximum atomic E-state index is 12.4. The van der Waals surface area contributed by atoms with Gasteiger partial charge in [0.25, 0.3) is 5.91 Å². The summed E-state index contributed by atoms with van der Waals surface area (Å²) in [5.74, 6) is -0.179. The lowest BCUT2D eigenvalue weighted by Gasteiger charge is -2.09. The molecule has 1 amide bonds. The summed E-state index contributed by atoms with van der Waals surface area (Å²) in [4.78, 5) is 18.8. The molecule has 8 nitrogen and oxygen atoms in total. The lowest BCUT2D eigenvalue weighted by Crippen LogP contribution is -2.27. The fourth-order valence-electron chi connectivity index (χ4n) is 2.91. The van der Waals surface area contributed by atoms with Gasteiger partial charge in [0.15, 0.2) is 11.3 Å². The smallest absolute Gasteiger partial charge is 0.271 e. The molecular weight excluding hydrogens is 330 g/mol. The number of rotatable bonds is 7. The Morgan fingerprint density at radius 2 is 2.15 bits per heavy atom. The number of amides is 1. The highest BCUT2D eigenvalue weighted by molar-refractivity contribution is 5.93. The molecule has 3 aromatic rings. The van der Waals surface area contributed by atoms with Crippen molar-refractivity contribution in [2.24, 2.45) is 0 Å². The average Bonchev–Trinajstić information content (AvgIpc) is 3.21. The molecule has 3 heterocycles. The van der Waals surface area contributed by atoms with Gasteiger partial charge in [-0.05, 0) is 47.0 Å². The van der Waals surface area contributed by atoms with Crippen molar-refractivity contribution < 1.29 is 4.79 Å². The van der Waals surface area contributed by atoms with E-state index in [1.807, 2.05) is 38.0 Å². The van der Waals surface area contributed by atoms with Crippen LogP contribution in [-0.4, -0.2) is 62.4 Å². The van der Waals surface area contributed by atoms with Gasteiger partial charge in [0, 0.05) is 36.6 Å². The van der Waals surface area contributed by atoms with Crippen LogP contribution in [0.3, 0.4) is 0 Å². The molecule has 0 fully saturated rings. The Balaban J connectivity index is 1.85. The molecule has 0 atom stereocenters. The van der Waals surface area contributed by atoms with E-state index in [0.717, 1.165) is 36.5 Å². The second-order valence-electron chi connectivity index (χ2n) is 6.50. The van der Waals surface area contributed by atoms with Crippen LogP contribution in [0.5, 0.6) is 0 Å². The summed E-state index contributed by atoms with van der Waals surface area (Å²) in [6.07, 6.45) is 4.45. The summed E-state index contributed by atoms with van der Waals surface area (Å²) in [5, 5.41) is 11.8. The zero-order chi connectivity index (χ0) is 18.7. The van der Waals surface area contributed by atoms with Gasteiger partial charge in [0.05, 0.1) is 11.9 Å². The number of carbonyl (C=O) groups is 1. The maximum Gasteiger partial charge on any atom is 0.271 e. The number of hydrogen-bond donors (Lipinski definition) is 1. The van der Waals surface area contributed by atoms with Crippen molar-refractivity contribution in [2.75, 3.05) is 27.2 Å². The third kappa shape index (κ3) is 3.60. The van der Waals surface area contributed by atoms with Crippen molar-refractivity contribution in [2.45, 2.75) is 26.8 Å². The van der Waals surface area contributed by atoms with Gasteiger partial charge >= 0.3 is 0 Å². The SMILES string of the molecule is CCn1ncc(-c2ccnc3cc(C(=O)NCCCN(C)C)nn23)c1C. The summed E-state index contributed by atoms with van der Waals surface area (Å²) >= 11 is 0. The molecule has 0 spiro atoms. The molecule has 138 valence electrons. The fourth-order valence-corrected chi connectivity index (χ4v) is 2.91. The number of nitrogens with zero attached hydrogens (tertiary/aromatic N) is 6. The van der Waals surface area contributed by atoms with E-state index >= 15 is 0 Å². The highest BCUT2D eigenvalue weighted by Crippen LogP contribution is 2.23. The molecular formula is C18H25N7O. The molecule has 0 aliphatic carbocycles. The Labute approximate surface area is 152 Å². The van der Waals surface area contributed by atoms with Crippen LogP contribution in [0.1, 0.15) is 29.5 Å². The lowest BCUT2D eigenvalue weighted by atomic mass is 10.2. The standard InChI is InChI=1S/C18H25N7O/c1-5-24-13(2)14(12-21-24)16-7-9-19-17-11-15(22-25(16)17)18(26)20-8-6-10-23(3)4/h7,9,11-12H,5-6,8,10H2,1-4H3,(H,20,26). The minimum Gasteiger partial charge on any atom is -0.351 e. The van der Waals surface area contributed by atoms with Crippen LogP contribution in [0.25, 0.3) is 16.9 Å². The van der Waals surface area contributed by atoms with Gasteiger partial charge in [-0.1, -0.05) is 0 Å². The molecule has 0 saturated heterocycles. The number of aryl methyl sites for hydroxylation is 1. The Hall–Kier alpha value is -2.74. The number of fused-ring (bicyclic) bond motifs is 1. The van der Waals surface area contributed by atoms with Crippen LogP contribution in [0.4, 0.5) is 0 Å². The van der Waals surface area contributed by atoms with E-state index in [1.165, 1.54) is 0 Å². The lowest BCUT2D eigenvalue weighted by molar-refractivity contribution is 0.0947. The molecule has 1 N–H and O–H groups in total. The van der Waals surface area contributed by atoms with E-state index in [4.69, 9.17) is 0 Å². The third-order valence-corrected chi connectivity index (χ3v) is 4.34. The maximum absolute atomic E-state index is 12.4. The van der Waals surface area contributed by atoms with Gasteiger partial charge in [-0.25, -0.2) is 9.50 Å². The van der Waals surface area contributed by atoms with E-state index in [9.17, 15) is 4.79 Å². The van der Waals surface area contributed by atoms with E-state index in [-0.39, 0.29) is 5.91 Å². The normalized spacial score (nSPS) is 11.4. The van der Waals surface area contributed by atoms with Crippen molar-refractivity contribution in [3.63, 3.8) is 0 Å². The van der Waals surface area contributed by atoms with Crippen LogP contribution in [0.2, 0.25) is 0 Å². The van der Waals surface area contributed by atoms with E-state index in [2.05, 4.69) is 32.3 Å². The third-order valence-electron chi connectivity index (χ3n) is 4.34. The van der Waals surface area contributed by atoms with Crippen LogP contribution in [-0.2, 0) is 6.54 Å². The first-order valence-corrected chi connectivity index (χ1v) is 8.81. The quantitative estimate of drug-likeness (QED) is 0.651. The highest BCUT2D eigenvalue weighted by atomic mass is 16.1. The molecule has 0 aliphatic rings. The van der Waals surface area contributed by atoms with E-state index < -0.39 is 0 Å². The Bertz CT molecular complexity index is 910. The summed E-state index contributed by atoms with van der Waals surface area (Å²) < 4.78 is 3.64. The second kappa shape index (κ2) is 7.65. The van der Waals surface area contributed by atoms with Crippen molar-refractivity contribution >= 4 is 11.6 Å². The van der Waals surface area contributed by atoms with Gasteiger partial charge in [0.2, 0.25) is 0 Å². The van der Waals surface area contributed by atoms with Crippen LogP contribution >= 0.6 is 0 Å². The van der Waals surface area contributed by atoms with E-state index in [1.54, 1.807) is 16.8 Å². The van der Waals surface area contributed by atoms with Gasteiger partial charge in [-0.3, -0.25) is 9.48 Å². The Morgan fingerprint density at radius 3 is 2.85 bits per heavy atom. The molecule has 0 aromatic carbocycles. The van der Waals surface area contributed by atoms with Crippen molar-refractivity contribution in [3.8, 4) is 11.3 Å². The molecule has 0 saturated carbocycles. The topological polar surface area (TPSA) is 80.3 Å². The van der Waals surface area contributed by atoms with Crippen LogP contribution in [0, 0.1) is 6.92 Å². The molecule has 3 rings (SSSR count). The van der Waals surface area contributed by atoms with Crippen molar-refractivity contribution in [1.82, 2.24) is 34.6 Å². The van der Waals surface area contributed by atoms with Gasteiger partial charge in [0.1, 0.15) is 0 Å². The molecule has 0 unspecified atom stereocenters. The first kappa shape index (κ1) is 18.1. The Morgan fingerprint density at radius 1 is 1.35 bits per heavy atom. The molecule has 0 radical (unpaired) electrons. The second-order valence-corrected chi connectivity index (χ2v) is 6.50. The zero-order valence-electron chi connectivity index (χ0n) is 15.7. The summed E-state index contributed by atoms with van der Waals surface area (Å²) in [5.41, 5.74) is 3.93. The molecule has 26 heavy (non-hydrogen) atoms. The van der Waals surface area contributed by atoms with Gasteiger partial charge in [-0.15, -0.1) is 0 Å². The Kier molecular flexibility index (Phi) is 5.32. The van der Waals surface area contributed by atoms with Crippen molar-refractivity contribution in [1.29, 1.82) is 0 Å². The predicted octanol–water partition coefficient (Wildman–Crippen LogP) is 1.60.